The summed E-state index contributed by atoms with van der Waals surface area (Å²) in [5.74, 6) is 7.57. The van der Waals surface area contributed by atoms with Gasteiger partial charge in [0.1, 0.15) is 6.10 Å². The number of carbonyl (C=O) groups is 2. The molecule has 0 unspecified atom stereocenters. The number of carbonyl (C=O) groups excluding carboxylic acids is 2. The molecule has 0 fully saturated rings. The number of rotatable bonds is 6. The van der Waals surface area contributed by atoms with Crippen LogP contribution in [0.15, 0.2) is 18.2 Å². The summed E-state index contributed by atoms with van der Waals surface area (Å²) in [6, 6.07) is 4.42. The van der Waals surface area contributed by atoms with E-state index in [-0.39, 0.29) is 24.2 Å². The number of hydroxylamine groups is 1. The van der Waals surface area contributed by atoms with Gasteiger partial charge in [-0.3, -0.25) is 14.8 Å². The second-order valence-electron chi connectivity index (χ2n) is 6.44. The van der Waals surface area contributed by atoms with Crippen LogP contribution >= 0.6 is 0 Å². The third kappa shape index (κ3) is 6.41. The van der Waals surface area contributed by atoms with Crippen molar-refractivity contribution in [1.29, 1.82) is 0 Å². The molecular formula is C19H23N3O5. The van der Waals surface area contributed by atoms with Crippen molar-refractivity contribution in [2.75, 3.05) is 6.61 Å². The molecule has 1 aromatic carbocycles. The van der Waals surface area contributed by atoms with Crippen molar-refractivity contribution in [3.05, 3.63) is 34.9 Å². The molecule has 2 atom stereocenters. The highest BCUT2D eigenvalue weighted by atomic mass is 16.5. The monoisotopic (exact) mass is 373 g/mol. The first-order valence-corrected chi connectivity index (χ1v) is 8.08. The molecule has 1 aromatic rings. The van der Waals surface area contributed by atoms with Gasteiger partial charge in [-0.05, 0) is 49.5 Å². The predicted octanol–water partition coefficient (Wildman–Crippen LogP) is -0.790. The molecule has 0 radical (unpaired) electrons. The number of primary amides is 1. The fraction of sp³-hybridized carbons (Fsp3) is 0.368. The molecule has 0 aliphatic carbocycles. The summed E-state index contributed by atoms with van der Waals surface area (Å²) in [5.41, 5.74) is 12.6. The van der Waals surface area contributed by atoms with Crippen molar-refractivity contribution in [2.45, 2.75) is 37.8 Å². The number of hydrogen-bond donors (Lipinski definition) is 6. The topological polar surface area (TPSA) is 159 Å². The minimum atomic E-state index is -1.11. The van der Waals surface area contributed by atoms with E-state index in [2.05, 4.69) is 23.7 Å². The van der Waals surface area contributed by atoms with Gasteiger partial charge in [-0.1, -0.05) is 11.8 Å². The second kappa shape index (κ2) is 9.72. The smallest absolute Gasteiger partial charge is 0.252 e. The van der Waals surface area contributed by atoms with Crippen molar-refractivity contribution in [2.24, 2.45) is 11.5 Å². The van der Waals surface area contributed by atoms with E-state index in [1.54, 1.807) is 19.3 Å². The molecule has 0 aliphatic heterocycles. The molecule has 0 saturated heterocycles. The minimum absolute atomic E-state index is 0.0807. The predicted molar refractivity (Wildman–Crippen MR) is 98.3 cm³/mol. The van der Waals surface area contributed by atoms with E-state index >= 15 is 0 Å². The molecule has 0 bridgehead atoms. The fourth-order valence-corrected chi connectivity index (χ4v) is 2.47. The lowest BCUT2D eigenvalue weighted by Crippen LogP contribution is -2.47. The van der Waals surface area contributed by atoms with Crippen LogP contribution in [0.3, 0.4) is 0 Å². The van der Waals surface area contributed by atoms with Crippen LogP contribution < -0.4 is 16.9 Å². The Kier molecular flexibility index (Phi) is 7.98. The lowest BCUT2D eigenvalue weighted by Gasteiger charge is -2.30. The molecule has 0 spiro atoms. The number of amides is 2. The number of nitrogens with one attached hydrogen (secondary N) is 1. The Labute approximate surface area is 157 Å². The van der Waals surface area contributed by atoms with Crippen LogP contribution in [0.5, 0.6) is 0 Å². The third-order valence-electron chi connectivity index (χ3n) is 3.66. The Morgan fingerprint density at radius 3 is 2.48 bits per heavy atom. The van der Waals surface area contributed by atoms with Gasteiger partial charge in [0.05, 0.1) is 5.92 Å². The van der Waals surface area contributed by atoms with Crippen molar-refractivity contribution in [1.82, 2.24) is 5.48 Å². The van der Waals surface area contributed by atoms with Gasteiger partial charge in [0.15, 0.2) is 0 Å². The van der Waals surface area contributed by atoms with Crippen molar-refractivity contribution in [3.8, 4) is 23.7 Å². The van der Waals surface area contributed by atoms with Crippen LogP contribution in [-0.4, -0.2) is 45.5 Å². The van der Waals surface area contributed by atoms with Gasteiger partial charge in [-0.15, -0.1) is 0 Å². The van der Waals surface area contributed by atoms with Gasteiger partial charge in [0.2, 0.25) is 5.91 Å². The molecule has 144 valence electrons. The van der Waals surface area contributed by atoms with Crippen molar-refractivity contribution < 1.29 is 25.0 Å². The molecule has 0 heterocycles. The lowest BCUT2D eigenvalue weighted by atomic mass is 9.79. The van der Waals surface area contributed by atoms with Gasteiger partial charge in [0, 0.05) is 29.7 Å². The van der Waals surface area contributed by atoms with Crippen LogP contribution in [-0.2, 0) is 4.79 Å². The summed E-state index contributed by atoms with van der Waals surface area (Å²) in [6.07, 6.45) is -0.858. The Bertz CT molecular complexity index is 822. The number of nitrogens with two attached hydrogens (primary N) is 2. The molecule has 8 nitrogen and oxygen atoms in total. The largest absolute Gasteiger partial charge is 0.396 e. The molecule has 0 aliphatic rings. The van der Waals surface area contributed by atoms with Gasteiger partial charge < -0.3 is 21.7 Å². The van der Waals surface area contributed by atoms with Crippen LogP contribution in [0, 0.1) is 23.7 Å². The highest BCUT2D eigenvalue weighted by molar-refractivity contribution is 5.97. The quantitative estimate of drug-likeness (QED) is 0.218. The van der Waals surface area contributed by atoms with E-state index in [1.165, 1.54) is 18.2 Å². The molecule has 0 aromatic heterocycles. The van der Waals surface area contributed by atoms with Gasteiger partial charge in [0.25, 0.3) is 5.91 Å². The van der Waals surface area contributed by atoms with E-state index in [4.69, 9.17) is 21.8 Å². The summed E-state index contributed by atoms with van der Waals surface area (Å²) in [5, 5.41) is 27.1. The molecule has 0 saturated carbocycles. The van der Waals surface area contributed by atoms with E-state index in [1.807, 2.05) is 0 Å². The van der Waals surface area contributed by atoms with Crippen molar-refractivity contribution >= 4 is 11.8 Å². The first-order chi connectivity index (χ1) is 12.6. The first-order valence-electron chi connectivity index (χ1n) is 8.08. The molecule has 1 rings (SSSR count). The Balaban J connectivity index is 3.37. The van der Waals surface area contributed by atoms with Crippen molar-refractivity contribution in [3.63, 3.8) is 0 Å². The first kappa shape index (κ1) is 22.2. The van der Waals surface area contributed by atoms with Gasteiger partial charge >= 0.3 is 0 Å². The lowest BCUT2D eigenvalue weighted by molar-refractivity contribution is -0.132. The van der Waals surface area contributed by atoms with E-state index in [0.29, 0.717) is 5.56 Å². The van der Waals surface area contributed by atoms with Gasteiger partial charge in [-0.25, -0.2) is 5.48 Å². The standard InChI is InChI=1S/C19H23N3O5/c1-19(2,21)16(18(26)22-27)15-11-12(7-8-14(15)17(20)25)5-3-4-6-13(24)9-10-23/h7-8,11,13,16,23-24,27H,9-10,21H2,1-2H3,(H2,20,25)(H,22,26)/t13-,16-/m1/s1. The maximum Gasteiger partial charge on any atom is 0.252 e. The molecule has 8 N–H and O–H groups in total. The summed E-state index contributed by atoms with van der Waals surface area (Å²) >= 11 is 0. The van der Waals surface area contributed by atoms with E-state index in [0.717, 1.165) is 0 Å². The average molecular weight is 373 g/mol. The van der Waals surface area contributed by atoms with Crippen LogP contribution in [0.4, 0.5) is 0 Å². The second-order valence-corrected chi connectivity index (χ2v) is 6.44. The van der Waals surface area contributed by atoms with E-state index < -0.39 is 29.4 Å². The Morgan fingerprint density at radius 1 is 1.30 bits per heavy atom. The summed E-state index contributed by atoms with van der Waals surface area (Å²) < 4.78 is 0. The normalized spacial score (nSPS) is 12.7. The van der Waals surface area contributed by atoms with Crippen LogP contribution in [0.25, 0.3) is 0 Å². The summed E-state index contributed by atoms with van der Waals surface area (Å²) in [7, 11) is 0. The Morgan fingerprint density at radius 2 is 1.96 bits per heavy atom. The molecule has 27 heavy (non-hydrogen) atoms. The maximum atomic E-state index is 12.1. The molecule has 2 amide bonds. The highest BCUT2D eigenvalue weighted by Crippen LogP contribution is 2.30. The Hall–Kier alpha value is -2.88. The van der Waals surface area contributed by atoms with Crippen LogP contribution in [0.1, 0.15) is 47.7 Å². The van der Waals surface area contributed by atoms with Gasteiger partial charge in [-0.2, -0.15) is 0 Å². The zero-order valence-corrected chi connectivity index (χ0v) is 15.1. The average Bonchev–Trinajstić information content (AvgIpc) is 2.57. The minimum Gasteiger partial charge on any atom is -0.396 e. The number of aliphatic hydroxyl groups is 2. The number of benzene rings is 1. The molecule has 8 heteroatoms. The maximum absolute atomic E-state index is 12.1. The summed E-state index contributed by atoms with van der Waals surface area (Å²) in [4.78, 5) is 23.9. The third-order valence-corrected chi connectivity index (χ3v) is 3.66. The zero-order valence-electron chi connectivity index (χ0n) is 15.1. The van der Waals surface area contributed by atoms with E-state index in [9.17, 15) is 14.7 Å². The number of aliphatic hydroxyl groups excluding tert-OH is 2. The number of hydrogen-bond acceptors (Lipinski definition) is 6. The fourth-order valence-electron chi connectivity index (χ4n) is 2.47. The zero-order chi connectivity index (χ0) is 20.6. The summed E-state index contributed by atoms with van der Waals surface area (Å²) in [6.45, 7) is 2.96. The SMILES string of the molecule is CC(C)(N)[C@@H](C(=O)NO)c1cc(C#CC#C[C@@H](O)CCO)ccc1C(N)=O. The molecular weight excluding hydrogens is 350 g/mol. The highest BCUT2D eigenvalue weighted by Gasteiger charge is 2.35. The van der Waals surface area contributed by atoms with Crippen LogP contribution in [0.2, 0.25) is 0 Å².